The number of aryl methyl sites for hydroxylation is 2. The van der Waals surface area contributed by atoms with Crippen molar-refractivity contribution in [2.45, 2.75) is 32.6 Å². The zero-order valence-electron chi connectivity index (χ0n) is 15.8. The Morgan fingerprint density at radius 3 is 2.12 bits per heavy atom. The maximum atomic E-state index is 12.1. The molecule has 0 unspecified atom stereocenters. The fourth-order valence-electron chi connectivity index (χ4n) is 2.32. The molecule has 0 aliphatic heterocycles. The molecule has 1 rings (SSSR count). The highest BCUT2D eigenvalue weighted by Crippen LogP contribution is 2.54. The first-order chi connectivity index (χ1) is 11.5. The number of amides is 1. The predicted octanol–water partition coefficient (Wildman–Crippen LogP) is 3.39. The normalized spacial score (nSPS) is 12.8. The van der Waals surface area contributed by atoms with Crippen LogP contribution in [0.15, 0.2) is 17.0 Å². The van der Waals surface area contributed by atoms with Crippen LogP contribution in [0.25, 0.3) is 0 Å². The van der Waals surface area contributed by atoms with Gasteiger partial charge in [-0.05, 0) is 63.5 Å². The van der Waals surface area contributed by atoms with Crippen LogP contribution < -0.4 is 4.74 Å². The molecule has 0 atom stereocenters. The third-order valence-corrected chi connectivity index (χ3v) is 7.61. The monoisotopic (exact) mass is 393 g/mol. The van der Waals surface area contributed by atoms with Crippen LogP contribution in [-0.4, -0.2) is 52.1 Å². The quantitative estimate of drug-likeness (QED) is 0.706. The van der Waals surface area contributed by atoms with Crippen LogP contribution in [0.5, 0.6) is 5.75 Å². The molecule has 144 valence electrons. The molecule has 0 aromatic heterocycles. The smallest absolute Gasteiger partial charge is 0.410 e. The summed E-state index contributed by atoms with van der Waals surface area (Å²) < 4.78 is 38.3. The van der Waals surface area contributed by atoms with Crippen LogP contribution in [0.1, 0.15) is 25.0 Å². The average molecular weight is 394 g/mol. The summed E-state index contributed by atoms with van der Waals surface area (Å²) in [6.45, 7) is 8.50. The summed E-state index contributed by atoms with van der Waals surface area (Å²) in [5.41, 5.74) is 1.50. The summed E-state index contributed by atoms with van der Waals surface area (Å²) in [7, 11) is -5.12. The van der Waals surface area contributed by atoms with E-state index in [-0.39, 0.29) is 0 Å². The van der Waals surface area contributed by atoms with E-state index in [1.165, 1.54) is 0 Å². The Bertz CT molecular complexity index is 726. The summed E-state index contributed by atoms with van der Waals surface area (Å²) in [5.74, 6) is 0.447. The number of ether oxygens (including phenoxy) is 1. The van der Waals surface area contributed by atoms with Crippen molar-refractivity contribution in [3.8, 4) is 5.75 Å². The molecule has 0 aliphatic carbocycles. The Balaban J connectivity index is 3.17. The number of rotatable bonds is 7. The van der Waals surface area contributed by atoms with Crippen molar-refractivity contribution in [1.29, 1.82) is 0 Å². The van der Waals surface area contributed by atoms with Gasteiger partial charge in [0.1, 0.15) is 5.75 Å². The lowest BCUT2D eigenvalue weighted by Gasteiger charge is -2.31. The number of nitrogens with zero attached hydrogens (tertiary/aromatic N) is 1. The first kappa shape index (κ1) is 21.8. The van der Waals surface area contributed by atoms with Crippen LogP contribution in [0.4, 0.5) is 4.79 Å². The van der Waals surface area contributed by atoms with Gasteiger partial charge in [0.25, 0.3) is 0 Å². The van der Waals surface area contributed by atoms with Gasteiger partial charge in [-0.2, -0.15) is 12.0 Å². The van der Waals surface area contributed by atoms with Crippen molar-refractivity contribution in [1.82, 2.24) is 4.90 Å². The highest BCUT2D eigenvalue weighted by atomic mass is 32.3. The predicted molar refractivity (Wildman–Crippen MR) is 99.6 cm³/mol. The minimum absolute atomic E-state index is 0.412. The zero-order chi connectivity index (χ0) is 19.4. The Kier molecular flexibility index (Phi) is 7.30. The van der Waals surface area contributed by atoms with Gasteiger partial charge in [0.2, 0.25) is 0 Å². The summed E-state index contributed by atoms with van der Waals surface area (Å²) >= 11 is 0. The molecule has 1 aromatic carbocycles. The highest BCUT2D eigenvalue weighted by molar-refractivity contribution is 8.31. The number of benzene rings is 1. The van der Waals surface area contributed by atoms with Gasteiger partial charge in [-0.1, -0.05) is 10.3 Å². The molecule has 25 heavy (non-hydrogen) atoms. The first-order valence-corrected chi connectivity index (χ1v) is 11.5. The number of hydrogen-bond donors (Lipinski definition) is 0. The molecule has 1 amide bonds. The van der Waals surface area contributed by atoms with Gasteiger partial charge in [0, 0.05) is 18.0 Å². The molecular formula is C16H27NO6S2. The van der Waals surface area contributed by atoms with Crippen molar-refractivity contribution in [2.24, 2.45) is 0 Å². The third-order valence-electron chi connectivity index (χ3n) is 3.68. The molecule has 0 aliphatic rings. The van der Waals surface area contributed by atoms with Crippen LogP contribution in [0.3, 0.4) is 0 Å². The maximum Gasteiger partial charge on any atom is 0.415 e. The van der Waals surface area contributed by atoms with Gasteiger partial charge >= 0.3 is 16.5 Å². The molecule has 0 bridgehead atoms. The second-order valence-corrected chi connectivity index (χ2v) is 10.4. The van der Waals surface area contributed by atoms with Crippen LogP contribution in [-0.2, 0) is 18.2 Å². The minimum Gasteiger partial charge on any atom is -0.410 e. The molecule has 0 heterocycles. The third kappa shape index (κ3) is 5.60. The second kappa shape index (κ2) is 8.39. The number of hydrogen-bond acceptors (Lipinski definition) is 6. The van der Waals surface area contributed by atoms with Gasteiger partial charge in [0.15, 0.2) is 0 Å². The van der Waals surface area contributed by atoms with Crippen molar-refractivity contribution >= 4 is 26.8 Å². The Morgan fingerprint density at radius 1 is 1.08 bits per heavy atom. The van der Waals surface area contributed by atoms with Gasteiger partial charge < -0.3 is 9.64 Å². The summed E-state index contributed by atoms with van der Waals surface area (Å²) in [4.78, 5) is 14.5. The second-order valence-electron chi connectivity index (χ2n) is 5.80. The molecule has 9 heteroatoms. The van der Waals surface area contributed by atoms with E-state index in [1.54, 1.807) is 36.5 Å². The molecule has 1 aromatic rings. The molecule has 7 nitrogen and oxygen atoms in total. The van der Waals surface area contributed by atoms with E-state index in [0.717, 1.165) is 23.1 Å². The SMILES string of the molecule is CCN(CC)C(=O)Oc1cc(C)c(S(C)(C)OS(=O)(=O)OC)cc1C. The summed E-state index contributed by atoms with van der Waals surface area (Å²) in [6.07, 6.45) is 3.02. The van der Waals surface area contributed by atoms with E-state index < -0.39 is 26.8 Å². The summed E-state index contributed by atoms with van der Waals surface area (Å²) in [6, 6.07) is 3.52. The van der Waals surface area contributed by atoms with Gasteiger partial charge in [-0.25, -0.2) is 4.79 Å². The largest absolute Gasteiger partial charge is 0.415 e. The molecule has 0 radical (unpaired) electrons. The molecule has 0 saturated carbocycles. The highest BCUT2D eigenvalue weighted by Gasteiger charge is 2.27. The molecule has 0 saturated heterocycles. The van der Waals surface area contributed by atoms with Crippen LogP contribution in [0, 0.1) is 13.8 Å². The Hall–Kier alpha value is -1.29. The standard InChI is InChI=1S/C16H27NO6S2/c1-8-17(9-2)16(18)22-14-10-13(4)15(11-12(14)3)24(6,7)23-25(19,20)21-5/h10-11H,8-9H2,1-7H3. The fourth-order valence-corrected chi connectivity index (χ4v) is 5.79. The fraction of sp³-hybridized carbons (Fsp3) is 0.562. The van der Waals surface area contributed by atoms with E-state index in [1.807, 2.05) is 20.8 Å². The molecular weight excluding hydrogens is 366 g/mol. The Labute approximate surface area is 152 Å². The van der Waals surface area contributed by atoms with E-state index in [4.69, 9.17) is 8.37 Å². The molecule has 0 N–H and O–H groups in total. The number of carbonyl (C=O) groups excluding carboxylic acids is 1. The molecule has 0 fully saturated rings. The van der Waals surface area contributed by atoms with Gasteiger partial charge in [-0.3, -0.25) is 4.18 Å². The minimum atomic E-state index is -4.06. The van der Waals surface area contributed by atoms with Crippen LogP contribution in [0.2, 0.25) is 0 Å². The van der Waals surface area contributed by atoms with Gasteiger partial charge in [-0.15, -0.1) is 0 Å². The zero-order valence-corrected chi connectivity index (χ0v) is 17.4. The topological polar surface area (TPSA) is 82.1 Å². The van der Waals surface area contributed by atoms with E-state index in [0.29, 0.717) is 18.8 Å². The van der Waals surface area contributed by atoms with Crippen molar-refractivity contribution in [2.75, 3.05) is 32.7 Å². The van der Waals surface area contributed by atoms with E-state index in [9.17, 15) is 13.2 Å². The van der Waals surface area contributed by atoms with Crippen molar-refractivity contribution in [3.05, 3.63) is 23.3 Å². The first-order valence-electron chi connectivity index (χ1n) is 7.80. The average Bonchev–Trinajstić information content (AvgIpc) is 2.50. The summed E-state index contributed by atoms with van der Waals surface area (Å²) in [5, 5.41) is 0. The van der Waals surface area contributed by atoms with Crippen LogP contribution >= 0.6 is 10.3 Å². The lowest BCUT2D eigenvalue weighted by Crippen LogP contribution is -2.33. The molecule has 0 spiro atoms. The van der Waals surface area contributed by atoms with E-state index in [2.05, 4.69) is 4.18 Å². The number of carbonyl (C=O) groups is 1. The van der Waals surface area contributed by atoms with Gasteiger partial charge in [0.05, 0.1) is 7.11 Å². The lowest BCUT2D eigenvalue weighted by molar-refractivity contribution is 0.157. The lowest BCUT2D eigenvalue weighted by atomic mass is 10.1. The maximum absolute atomic E-state index is 12.1. The van der Waals surface area contributed by atoms with Crippen molar-refractivity contribution in [3.63, 3.8) is 0 Å². The van der Waals surface area contributed by atoms with Crippen molar-refractivity contribution < 1.29 is 25.8 Å². The van der Waals surface area contributed by atoms with E-state index >= 15 is 0 Å². The Morgan fingerprint density at radius 2 is 1.64 bits per heavy atom.